The molecule has 134 valence electrons. The van der Waals surface area contributed by atoms with Crippen molar-refractivity contribution in [3.05, 3.63) is 66.0 Å². The zero-order chi connectivity index (χ0) is 18.2. The molecule has 6 nitrogen and oxygen atoms in total. The zero-order valence-electron chi connectivity index (χ0n) is 14.0. The van der Waals surface area contributed by atoms with Crippen LogP contribution in [0.2, 0.25) is 0 Å². The summed E-state index contributed by atoms with van der Waals surface area (Å²) in [5.41, 5.74) is 2.06. The average Bonchev–Trinajstić information content (AvgIpc) is 3.12. The number of rotatable bonds is 9. The molecule has 1 aromatic heterocycles. The van der Waals surface area contributed by atoms with Gasteiger partial charge in [-0.1, -0.05) is 23.8 Å². The third kappa shape index (κ3) is 5.51. The molecule has 2 aromatic rings. The first-order valence-electron chi connectivity index (χ1n) is 7.98. The molecule has 0 aliphatic heterocycles. The van der Waals surface area contributed by atoms with Gasteiger partial charge in [0.2, 0.25) is 0 Å². The molecule has 1 heterocycles. The first kappa shape index (κ1) is 18.8. The topological polar surface area (TPSA) is 90.4 Å². The Morgan fingerprint density at radius 2 is 2.16 bits per heavy atom. The number of allylic oxidation sites excluding steroid dienone is 2. The summed E-state index contributed by atoms with van der Waals surface area (Å²) in [6.45, 7) is 1.98. The highest BCUT2D eigenvalue weighted by molar-refractivity contribution is 5.72. The Morgan fingerprint density at radius 1 is 1.44 bits per heavy atom. The second-order valence-electron chi connectivity index (χ2n) is 5.84. The number of nitrogens with two attached hydrogens (primary N) is 1. The second-order valence-corrected chi connectivity index (χ2v) is 5.84. The van der Waals surface area contributed by atoms with E-state index >= 15 is 0 Å². The molecule has 0 fully saturated rings. The molecule has 2 atom stereocenters. The summed E-state index contributed by atoms with van der Waals surface area (Å²) in [7, 11) is 0. The summed E-state index contributed by atoms with van der Waals surface area (Å²) in [4.78, 5) is 19.5. The van der Waals surface area contributed by atoms with Gasteiger partial charge >= 0.3 is 5.97 Å². The van der Waals surface area contributed by atoms with E-state index in [0.717, 1.165) is 11.1 Å². The SMILES string of the molecule is C/C(=C/CCC(ON)C(=O)O)C(Cc1ccc(F)cc1)n1ccnc1. The van der Waals surface area contributed by atoms with Crippen molar-refractivity contribution < 1.29 is 19.1 Å². The molecule has 1 aromatic carbocycles. The molecule has 7 heteroatoms. The summed E-state index contributed by atoms with van der Waals surface area (Å²) in [5.74, 6) is 3.65. The van der Waals surface area contributed by atoms with Crippen molar-refractivity contribution >= 4 is 5.97 Å². The normalized spacial score (nSPS) is 14.3. The van der Waals surface area contributed by atoms with Crippen LogP contribution in [-0.4, -0.2) is 26.7 Å². The van der Waals surface area contributed by atoms with Gasteiger partial charge in [-0.3, -0.25) is 4.84 Å². The maximum Gasteiger partial charge on any atom is 0.334 e. The lowest BCUT2D eigenvalue weighted by Crippen LogP contribution is -2.26. The van der Waals surface area contributed by atoms with Crippen LogP contribution in [0.25, 0.3) is 0 Å². The number of hydrogen-bond acceptors (Lipinski definition) is 4. The molecule has 2 unspecified atom stereocenters. The molecule has 3 N–H and O–H groups in total. The van der Waals surface area contributed by atoms with Gasteiger partial charge in [0.15, 0.2) is 6.10 Å². The van der Waals surface area contributed by atoms with Crippen LogP contribution in [0.4, 0.5) is 4.39 Å². The highest BCUT2D eigenvalue weighted by atomic mass is 19.1. The molecule has 0 aliphatic rings. The van der Waals surface area contributed by atoms with E-state index in [2.05, 4.69) is 9.82 Å². The number of aliphatic carboxylic acids is 1. The number of carboxylic acid groups (broad SMARTS) is 1. The van der Waals surface area contributed by atoms with Gasteiger partial charge in [0.1, 0.15) is 5.82 Å². The standard InChI is InChI=1S/C18H22FN3O3/c1-13(3-2-4-17(25-20)18(23)24)16(22-10-9-21-12-22)11-14-5-7-15(19)8-6-14/h3,5-10,12,16-17H,2,4,11,20H2,1H3,(H,23,24)/b13-3-. The number of imidazole rings is 1. The lowest BCUT2D eigenvalue weighted by Gasteiger charge is -2.20. The van der Waals surface area contributed by atoms with Gasteiger partial charge in [-0.2, -0.15) is 0 Å². The Labute approximate surface area is 145 Å². The summed E-state index contributed by atoms with van der Waals surface area (Å²) in [6.07, 6.45) is 7.74. The Morgan fingerprint density at radius 3 is 2.72 bits per heavy atom. The number of aromatic nitrogens is 2. The van der Waals surface area contributed by atoms with Crippen molar-refractivity contribution in [3.63, 3.8) is 0 Å². The number of carboxylic acids is 1. The molecule has 0 bridgehead atoms. The maximum absolute atomic E-state index is 13.1. The number of nitrogens with zero attached hydrogens (tertiary/aromatic N) is 2. The molecule has 2 rings (SSSR count). The molecule has 0 amide bonds. The van der Waals surface area contributed by atoms with Crippen LogP contribution < -0.4 is 5.90 Å². The van der Waals surface area contributed by atoms with Gasteiger partial charge in [0.05, 0.1) is 12.4 Å². The number of carbonyl (C=O) groups is 1. The molecule has 0 radical (unpaired) electrons. The highest BCUT2D eigenvalue weighted by Gasteiger charge is 2.17. The van der Waals surface area contributed by atoms with Crippen LogP contribution in [0, 0.1) is 5.82 Å². The summed E-state index contributed by atoms with van der Waals surface area (Å²) in [6, 6.07) is 6.41. The lowest BCUT2D eigenvalue weighted by molar-refractivity contribution is -0.151. The molecular weight excluding hydrogens is 325 g/mol. The Kier molecular flexibility index (Phi) is 6.85. The van der Waals surface area contributed by atoms with Gasteiger partial charge in [0.25, 0.3) is 0 Å². The summed E-state index contributed by atoms with van der Waals surface area (Å²) in [5, 5.41) is 8.95. The van der Waals surface area contributed by atoms with E-state index in [1.165, 1.54) is 12.1 Å². The summed E-state index contributed by atoms with van der Waals surface area (Å²) >= 11 is 0. The Hall–Kier alpha value is -2.51. The van der Waals surface area contributed by atoms with Crippen molar-refractivity contribution in [2.75, 3.05) is 0 Å². The predicted octanol–water partition coefficient (Wildman–Crippen LogP) is 2.88. The summed E-state index contributed by atoms with van der Waals surface area (Å²) < 4.78 is 15.1. The highest BCUT2D eigenvalue weighted by Crippen LogP contribution is 2.23. The van der Waals surface area contributed by atoms with E-state index < -0.39 is 12.1 Å². The Bertz CT molecular complexity index is 699. The van der Waals surface area contributed by atoms with Crippen LogP contribution in [0.5, 0.6) is 0 Å². The van der Waals surface area contributed by atoms with Gasteiger partial charge in [-0.15, -0.1) is 0 Å². The van der Waals surface area contributed by atoms with Crippen molar-refractivity contribution in [2.24, 2.45) is 5.90 Å². The second kappa shape index (κ2) is 9.10. The fourth-order valence-electron chi connectivity index (χ4n) is 2.65. The Balaban J connectivity index is 2.10. The minimum Gasteiger partial charge on any atom is -0.479 e. The molecule has 25 heavy (non-hydrogen) atoms. The number of hydrogen-bond donors (Lipinski definition) is 2. The first-order chi connectivity index (χ1) is 12.0. The van der Waals surface area contributed by atoms with Gasteiger partial charge in [-0.25, -0.2) is 20.1 Å². The van der Waals surface area contributed by atoms with Crippen LogP contribution in [-0.2, 0) is 16.1 Å². The van der Waals surface area contributed by atoms with Crippen LogP contribution in [0.15, 0.2) is 54.6 Å². The minimum absolute atomic E-state index is 0.00929. The van der Waals surface area contributed by atoms with E-state index in [9.17, 15) is 9.18 Å². The van der Waals surface area contributed by atoms with E-state index in [0.29, 0.717) is 12.8 Å². The molecule has 0 spiro atoms. The molecular formula is C18H22FN3O3. The zero-order valence-corrected chi connectivity index (χ0v) is 14.0. The van der Waals surface area contributed by atoms with Crippen molar-refractivity contribution in [1.82, 2.24) is 9.55 Å². The molecule has 0 saturated heterocycles. The smallest absolute Gasteiger partial charge is 0.334 e. The largest absolute Gasteiger partial charge is 0.479 e. The van der Waals surface area contributed by atoms with Crippen LogP contribution >= 0.6 is 0 Å². The lowest BCUT2D eigenvalue weighted by atomic mass is 9.98. The quantitative estimate of drug-likeness (QED) is 0.538. The van der Waals surface area contributed by atoms with E-state index in [-0.39, 0.29) is 18.3 Å². The van der Waals surface area contributed by atoms with Gasteiger partial charge < -0.3 is 9.67 Å². The van der Waals surface area contributed by atoms with Gasteiger partial charge in [-0.05, 0) is 43.9 Å². The van der Waals surface area contributed by atoms with E-state index in [1.807, 2.05) is 23.8 Å². The third-order valence-corrected chi connectivity index (χ3v) is 4.09. The fourth-order valence-corrected chi connectivity index (χ4v) is 2.65. The van der Waals surface area contributed by atoms with Crippen molar-refractivity contribution in [1.29, 1.82) is 0 Å². The third-order valence-electron chi connectivity index (χ3n) is 4.09. The maximum atomic E-state index is 13.1. The van der Waals surface area contributed by atoms with Crippen LogP contribution in [0.1, 0.15) is 31.4 Å². The van der Waals surface area contributed by atoms with Crippen molar-refractivity contribution in [2.45, 2.75) is 38.3 Å². The molecule has 0 saturated carbocycles. The van der Waals surface area contributed by atoms with Crippen molar-refractivity contribution in [3.8, 4) is 0 Å². The minimum atomic E-state index is -1.08. The monoisotopic (exact) mass is 347 g/mol. The average molecular weight is 347 g/mol. The number of halogens is 1. The predicted molar refractivity (Wildman–Crippen MR) is 91.1 cm³/mol. The van der Waals surface area contributed by atoms with E-state index in [4.69, 9.17) is 11.0 Å². The molecule has 0 aliphatic carbocycles. The first-order valence-corrected chi connectivity index (χ1v) is 7.98. The fraction of sp³-hybridized carbons (Fsp3) is 0.333. The number of benzene rings is 1. The van der Waals surface area contributed by atoms with Crippen LogP contribution in [0.3, 0.4) is 0 Å². The van der Waals surface area contributed by atoms with E-state index in [1.54, 1.807) is 24.7 Å². The van der Waals surface area contributed by atoms with Gasteiger partial charge in [0, 0.05) is 12.4 Å².